The number of hydrogen-bond donors (Lipinski definition) is 2. The molecule has 20 heavy (non-hydrogen) atoms. The summed E-state index contributed by atoms with van der Waals surface area (Å²) in [6.45, 7) is 2.02. The fourth-order valence-electron chi connectivity index (χ4n) is 2.73. The Bertz CT molecular complexity index is 506. The lowest BCUT2D eigenvalue weighted by atomic mass is 9.76. The number of aliphatic carboxylic acids is 1. The van der Waals surface area contributed by atoms with Gasteiger partial charge < -0.3 is 14.8 Å². The van der Waals surface area contributed by atoms with Crippen molar-refractivity contribution < 1.29 is 19.1 Å². The average molecular weight is 277 g/mol. The summed E-state index contributed by atoms with van der Waals surface area (Å²) in [5.41, 5.74) is -1.14. The molecule has 1 saturated carbocycles. The van der Waals surface area contributed by atoms with Crippen LogP contribution in [0.3, 0.4) is 0 Å². The van der Waals surface area contributed by atoms with Crippen LogP contribution in [-0.4, -0.2) is 22.5 Å². The van der Waals surface area contributed by atoms with Crippen LogP contribution in [0, 0.1) is 5.92 Å². The first-order valence-electron chi connectivity index (χ1n) is 6.79. The lowest BCUT2D eigenvalue weighted by molar-refractivity contribution is -0.149. The molecule has 2 rings (SSSR count). The van der Waals surface area contributed by atoms with Crippen molar-refractivity contribution in [2.24, 2.45) is 5.92 Å². The third kappa shape index (κ3) is 3.29. The molecule has 0 aliphatic heterocycles. The second kappa shape index (κ2) is 5.94. The summed E-state index contributed by atoms with van der Waals surface area (Å²) < 4.78 is 5.08. The number of carbonyl (C=O) groups is 2. The number of rotatable bonds is 4. The highest BCUT2D eigenvalue weighted by Gasteiger charge is 2.42. The second-order valence-corrected chi connectivity index (χ2v) is 5.43. The number of carbonyl (C=O) groups excluding carboxylic acids is 1. The van der Waals surface area contributed by atoms with Crippen molar-refractivity contribution in [2.45, 2.75) is 38.1 Å². The van der Waals surface area contributed by atoms with Crippen molar-refractivity contribution in [1.82, 2.24) is 5.32 Å². The zero-order valence-corrected chi connectivity index (χ0v) is 11.5. The highest BCUT2D eigenvalue weighted by Crippen LogP contribution is 2.32. The fraction of sp³-hybridized carbons (Fsp3) is 0.467. The van der Waals surface area contributed by atoms with Crippen LogP contribution < -0.4 is 5.32 Å². The summed E-state index contributed by atoms with van der Waals surface area (Å²) in [7, 11) is 0. The van der Waals surface area contributed by atoms with Crippen molar-refractivity contribution in [2.75, 3.05) is 0 Å². The molecule has 2 unspecified atom stereocenters. The van der Waals surface area contributed by atoms with Crippen LogP contribution in [0.15, 0.2) is 28.9 Å². The van der Waals surface area contributed by atoms with Crippen molar-refractivity contribution in [1.29, 1.82) is 0 Å². The minimum Gasteiger partial charge on any atom is -0.480 e. The van der Waals surface area contributed by atoms with Crippen LogP contribution in [-0.2, 0) is 9.59 Å². The molecule has 1 aliphatic rings. The minimum atomic E-state index is -1.14. The molecule has 0 saturated heterocycles. The van der Waals surface area contributed by atoms with Crippen LogP contribution in [0.5, 0.6) is 0 Å². The molecule has 0 bridgehead atoms. The van der Waals surface area contributed by atoms with E-state index < -0.39 is 17.4 Å². The van der Waals surface area contributed by atoms with Gasteiger partial charge in [-0.05, 0) is 37.0 Å². The molecule has 108 valence electrons. The van der Waals surface area contributed by atoms with E-state index in [0.29, 0.717) is 24.5 Å². The predicted octanol–water partition coefficient (Wildman–Crippen LogP) is 2.44. The monoisotopic (exact) mass is 277 g/mol. The average Bonchev–Trinajstić information content (AvgIpc) is 2.89. The summed E-state index contributed by atoms with van der Waals surface area (Å²) >= 11 is 0. The van der Waals surface area contributed by atoms with E-state index in [1.54, 1.807) is 12.1 Å². The Morgan fingerprint density at radius 2 is 2.35 bits per heavy atom. The molecule has 5 heteroatoms. The van der Waals surface area contributed by atoms with Gasteiger partial charge in [0.15, 0.2) is 0 Å². The van der Waals surface area contributed by atoms with Crippen molar-refractivity contribution in [3.63, 3.8) is 0 Å². The Balaban J connectivity index is 2.04. The minimum absolute atomic E-state index is 0.300. The van der Waals surface area contributed by atoms with Crippen LogP contribution in [0.1, 0.15) is 38.4 Å². The number of carboxylic acids is 1. The quantitative estimate of drug-likeness (QED) is 0.828. The number of furan rings is 1. The third-order valence-electron chi connectivity index (χ3n) is 3.71. The van der Waals surface area contributed by atoms with Crippen LogP contribution in [0.4, 0.5) is 0 Å². The van der Waals surface area contributed by atoms with E-state index in [1.807, 2.05) is 6.92 Å². The van der Waals surface area contributed by atoms with E-state index in [0.717, 1.165) is 12.8 Å². The molecular weight excluding hydrogens is 258 g/mol. The molecule has 1 aromatic heterocycles. The molecule has 1 aromatic rings. The fourth-order valence-corrected chi connectivity index (χ4v) is 2.73. The largest absolute Gasteiger partial charge is 0.480 e. The van der Waals surface area contributed by atoms with Gasteiger partial charge in [-0.25, -0.2) is 4.79 Å². The van der Waals surface area contributed by atoms with E-state index in [-0.39, 0.29) is 0 Å². The Labute approximate surface area is 117 Å². The first kappa shape index (κ1) is 14.4. The van der Waals surface area contributed by atoms with E-state index in [1.165, 1.54) is 18.4 Å². The first-order chi connectivity index (χ1) is 9.52. The Morgan fingerprint density at radius 3 is 2.95 bits per heavy atom. The van der Waals surface area contributed by atoms with Gasteiger partial charge >= 0.3 is 5.97 Å². The maximum atomic E-state index is 11.9. The number of carboxylic acid groups (broad SMARTS) is 1. The maximum absolute atomic E-state index is 11.9. The van der Waals surface area contributed by atoms with Gasteiger partial charge in [-0.3, -0.25) is 4.79 Å². The lowest BCUT2D eigenvalue weighted by Crippen LogP contribution is -2.56. The number of hydrogen-bond acceptors (Lipinski definition) is 3. The molecule has 1 fully saturated rings. The SMILES string of the molecule is CC1CCCC(NC(=O)C=Cc2ccco2)(C(=O)O)C1. The van der Waals surface area contributed by atoms with Crippen LogP contribution in [0.2, 0.25) is 0 Å². The van der Waals surface area contributed by atoms with Gasteiger partial charge in [-0.15, -0.1) is 0 Å². The standard InChI is InChI=1S/C15H19NO4/c1-11-4-2-8-15(10-11,14(18)19)16-13(17)7-6-12-5-3-9-20-12/h3,5-7,9,11H,2,4,8,10H2,1H3,(H,16,17)(H,18,19). The molecule has 1 aliphatic carbocycles. The van der Waals surface area contributed by atoms with Gasteiger partial charge in [0.2, 0.25) is 5.91 Å². The predicted molar refractivity (Wildman–Crippen MR) is 73.9 cm³/mol. The first-order valence-corrected chi connectivity index (χ1v) is 6.79. The van der Waals surface area contributed by atoms with Crippen molar-refractivity contribution in [3.05, 3.63) is 30.2 Å². The summed E-state index contributed by atoms with van der Waals surface area (Å²) in [5, 5.41) is 12.1. The van der Waals surface area contributed by atoms with Gasteiger partial charge in [-0.2, -0.15) is 0 Å². The van der Waals surface area contributed by atoms with E-state index in [9.17, 15) is 14.7 Å². The molecule has 0 spiro atoms. The van der Waals surface area contributed by atoms with Crippen molar-refractivity contribution in [3.8, 4) is 0 Å². The van der Waals surface area contributed by atoms with Crippen molar-refractivity contribution >= 4 is 18.0 Å². The number of nitrogens with one attached hydrogen (secondary N) is 1. The Hall–Kier alpha value is -2.04. The molecule has 0 aromatic carbocycles. The van der Waals surface area contributed by atoms with E-state index >= 15 is 0 Å². The molecule has 1 amide bonds. The van der Waals surface area contributed by atoms with Gasteiger partial charge in [-0.1, -0.05) is 19.8 Å². The smallest absolute Gasteiger partial charge is 0.329 e. The molecule has 0 radical (unpaired) electrons. The zero-order chi connectivity index (χ0) is 14.6. The second-order valence-electron chi connectivity index (χ2n) is 5.43. The molecule has 2 atom stereocenters. The van der Waals surface area contributed by atoms with Gasteiger partial charge in [0.1, 0.15) is 11.3 Å². The summed E-state index contributed by atoms with van der Waals surface area (Å²) in [5.74, 6) is -0.502. The topological polar surface area (TPSA) is 79.5 Å². The molecule has 1 heterocycles. The zero-order valence-electron chi connectivity index (χ0n) is 11.5. The number of amides is 1. The highest BCUT2D eigenvalue weighted by atomic mass is 16.4. The molecular formula is C15H19NO4. The normalized spacial score (nSPS) is 26.6. The Kier molecular flexibility index (Phi) is 4.27. The highest BCUT2D eigenvalue weighted by molar-refractivity contribution is 5.95. The van der Waals surface area contributed by atoms with Crippen LogP contribution >= 0.6 is 0 Å². The maximum Gasteiger partial charge on any atom is 0.329 e. The van der Waals surface area contributed by atoms with E-state index in [4.69, 9.17) is 4.42 Å². The van der Waals surface area contributed by atoms with Gasteiger partial charge in [0.05, 0.1) is 6.26 Å². The Morgan fingerprint density at radius 1 is 1.55 bits per heavy atom. The van der Waals surface area contributed by atoms with Gasteiger partial charge in [0, 0.05) is 6.08 Å². The lowest BCUT2D eigenvalue weighted by Gasteiger charge is -2.36. The summed E-state index contributed by atoms with van der Waals surface area (Å²) in [6.07, 6.45) is 7.12. The molecule has 5 nitrogen and oxygen atoms in total. The summed E-state index contributed by atoms with van der Waals surface area (Å²) in [6, 6.07) is 3.44. The third-order valence-corrected chi connectivity index (χ3v) is 3.71. The van der Waals surface area contributed by atoms with E-state index in [2.05, 4.69) is 5.32 Å². The van der Waals surface area contributed by atoms with Crippen LogP contribution in [0.25, 0.3) is 6.08 Å². The summed E-state index contributed by atoms with van der Waals surface area (Å²) in [4.78, 5) is 23.5. The van der Waals surface area contributed by atoms with Gasteiger partial charge in [0.25, 0.3) is 0 Å². The molecule has 2 N–H and O–H groups in total.